The van der Waals surface area contributed by atoms with E-state index in [0.717, 1.165) is 17.0 Å². The number of rotatable bonds is 5. The summed E-state index contributed by atoms with van der Waals surface area (Å²) in [5.41, 5.74) is 0.843. The van der Waals surface area contributed by atoms with E-state index in [-0.39, 0.29) is 25.4 Å². The standard InChI is InChI=1S/C18H17F3N4O4/c19-18(20,21)29-12-5-3-11(4-6-12)13(7-9-26)24-17(28)25-10-15(27)23-14-2-1-8-22-16(14)25/h1-6,8,13,26H,7,9-10H2,(H,23,27)(H,24,28). The van der Waals surface area contributed by atoms with Crippen LogP contribution in [0.2, 0.25) is 0 Å². The van der Waals surface area contributed by atoms with Gasteiger partial charge in [0.25, 0.3) is 0 Å². The van der Waals surface area contributed by atoms with E-state index in [1.165, 1.54) is 18.3 Å². The minimum atomic E-state index is -4.81. The first-order chi connectivity index (χ1) is 13.8. The summed E-state index contributed by atoms with van der Waals surface area (Å²) in [6, 6.07) is 6.82. The number of pyridine rings is 1. The number of benzene rings is 1. The number of urea groups is 1. The Morgan fingerprint density at radius 1 is 1.31 bits per heavy atom. The summed E-state index contributed by atoms with van der Waals surface area (Å²) in [5, 5.41) is 14.6. The number of hydrogen-bond donors (Lipinski definition) is 3. The normalized spacial score (nSPS) is 14.6. The molecule has 1 aliphatic rings. The third-order valence-corrected chi connectivity index (χ3v) is 4.09. The molecule has 0 bridgehead atoms. The van der Waals surface area contributed by atoms with Crippen molar-refractivity contribution in [2.75, 3.05) is 23.4 Å². The molecule has 8 nitrogen and oxygen atoms in total. The lowest BCUT2D eigenvalue weighted by Gasteiger charge is -2.30. The van der Waals surface area contributed by atoms with Crippen LogP contribution in [0.15, 0.2) is 42.6 Å². The first-order valence-corrected chi connectivity index (χ1v) is 8.56. The SMILES string of the molecule is O=C1CN(C(=O)NC(CCO)c2ccc(OC(F)(F)F)cc2)c2ncccc2N1. The van der Waals surface area contributed by atoms with Crippen molar-refractivity contribution in [3.05, 3.63) is 48.2 Å². The maximum atomic E-state index is 12.8. The fraction of sp³-hybridized carbons (Fsp3) is 0.278. The van der Waals surface area contributed by atoms with Gasteiger partial charge in [-0.15, -0.1) is 13.2 Å². The van der Waals surface area contributed by atoms with Gasteiger partial charge < -0.3 is 20.5 Å². The number of nitrogens with one attached hydrogen (secondary N) is 2. The second-order valence-electron chi connectivity index (χ2n) is 6.14. The van der Waals surface area contributed by atoms with Gasteiger partial charge in [-0.2, -0.15) is 0 Å². The Balaban J connectivity index is 1.77. The highest BCUT2D eigenvalue weighted by Gasteiger charge is 2.32. The molecule has 1 unspecified atom stereocenters. The Hall–Kier alpha value is -3.34. The molecule has 3 rings (SSSR count). The smallest absolute Gasteiger partial charge is 0.406 e. The van der Waals surface area contributed by atoms with Gasteiger partial charge >= 0.3 is 12.4 Å². The number of amides is 3. The molecule has 0 spiro atoms. The van der Waals surface area contributed by atoms with Gasteiger partial charge in [-0.1, -0.05) is 12.1 Å². The molecule has 1 aromatic heterocycles. The topological polar surface area (TPSA) is 104 Å². The van der Waals surface area contributed by atoms with Crippen LogP contribution in [-0.2, 0) is 4.79 Å². The first kappa shape index (κ1) is 20.4. The van der Waals surface area contributed by atoms with Gasteiger partial charge in [0.1, 0.15) is 12.3 Å². The van der Waals surface area contributed by atoms with Crippen LogP contribution in [0.25, 0.3) is 0 Å². The van der Waals surface area contributed by atoms with Crippen LogP contribution in [0.3, 0.4) is 0 Å². The zero-order chi connectivity index (χ0) is 21.0. The number of hydrogen-bond acceptors (Lipinski definition) is 5. The lowest BCUT2D eigenvalue weighted by atomic mass is 10.0. The Morgan fingerprint density at radius 2 is 2.03 bits per heavy atom. The number of anilines is 2. The van der Waals surface area contributed by atoms with Gasteiger partial charge in [-0.05, 0) is 36.2 Å². The molecule has 29 heavy (non-hydrogen) atoms. The molecule has 3 N–H and O–H groups in total. The average Bonchev–Trinajstić information content (AvgIpc) is 2.66. The van der Waals surface area contributed by atoms with Crippen molar-refractivity contribution in [2.45, 2.75) is 18.8 Å². The van der Waals surface area contributed by atoms with E-state index in [1.54, 1.807) is 12.1 Å². The Kier molecular flexibility index (Phi) is 5.87. The lowest BCUT2D eigenvalue weighted by molar-refractivity contribution is -0.274. The van der Waals surface area contributed by atoms with E-state index < -0.39 is 30.1 Å². The minimum absolute atomic E-state index is 0.111. The van der Waals surface area contributed by atoms with Crippen molar-refractivity contribution in [1.82, 2.24) is 10.3 Å². The number of fused-ring (bicyclic) bond motifs is 1. The fourth-order valence-corrected chi connectivity index (χ4v) is 2.87. The number of halogens is 3. The van der Waals surface area contributed by atoms with Gasteiger partial charge in [0.2, 0.25) is 5.91 Å². The predicted molar refractivity (Wildman–Crippen MR) is 96.3 cm³/mol. The summed E-state index contributed by atoms with van der Waals surface area (Å²) >= 11 is 0. The van der Waals surface area contributed by atoms with Crippen LogP contribution in [-0.4, -0.2) is 41.5 Å². The molecule has 0 fully saturated rings. The summed E-state index contributed by atoms with van der Waals surface area (Å²) in [7, 11) is 0. The summed E-state index contributed by atoms with van der Waals surface area (Å²) in [6.45, 7) is -0.527. The van der Waals surface area contributed by atoms with E-state index in [0.29, 0.717) is 11.3 Å². The van der Waals surface area contributed by atoms with Crippen molar-refractivity contribution in [3.8, 4) is 5.75 Å². The number of aromatic nitrogens is 1. The van der Waals surface area contributed by atoms with Crippen molar-refractivity contribution in [3.63, 3.8) is 0 Å². The zero-order valence-electron chi connectivity index (χ0n) is 14.9. The number of nitrogens with zero attached hydrogens (tertiary/aromatic N) is 2. The molecule has 11 heteroatoms. The molecular weight excluding hydrogens is 393 g/mol. The van der Waals surface area contributed by atoms with Gasteiger partial charge in [-0.25, -0.2) is 9.78 Å². The highest BCUT2D eigenvalue weighted by atomic mass is 19.4. The van der Waals surface area contributed by atoms with Crippen LogP contribution in [0, 0.1) is 0 Å². The van der Waals surface area contributed by atoms with Gasteiger partial charge in [0, 0.05) is 12.8 Å². The third kappa shape index (κ3) is 5.13. The summed E-state index contributed by atoms with van der Waals surface area (Å²) in [6.07, 6.45) is -3.23. The number of alkyl halides is 3. The second-order valence-corrected chi connectivity index (χ2v) is 6.14. The van der Waals surface area contributed by atoms with Gasteiger partial charge in [-0.3, -0.25) is 9.69 Å². The van der Waals surface area contributed by atoms with Gasteiger partial charge in [0.05, 0.1) is 11.7 Å². The van der Waals surface area contributed by atoms with Crippen LogP contribution in [0.4, 0.5) is 29.5 Å². The molecule has 3 amide bonds. The average molecular weight is 410 g/mol. The van der Waals surface area contributed by atoms with Crippen LogP contribution >= 0.6 is 0 Å². The molecular formula is C18H17F3N4O4. The summed E-state index contributed by atoms with van der Waals surface area (Å²) in [4.78, 5) is 29.9. The maximum Gasteiger partial charge on any atom is 0.573 e. The molecule has 0 saturated heterocycles. The monoisotopic (exact) mass is 410 g/mol. The van der Waals surface area contributed by atoms with Crippen LogP contribution in [0.1, 0.15) is 18.0 Å². The lowest BCUT2D eigenvalue weighted by Crippen LogP contribution is -2.48. The van der Waals surface area contributed by atoms with Gasteiger partial charge in [0.15, 0.2) is 5.82 Å². The van der Waals surface area contributed by atoms with E-state index in [1.807, 2.05) is 0 Å². The molecule has 0 saturated carbocycles. The second kappa shape index (κ2) is 8.35. The summed E-state index contributed by atoms with van der Waals surface area (Å²) < 4.78 is 40.7. The molecule has 1 atom stereocenters. The molecule has 0 radical (unpaired) electrons. The minimum Gasteiger partial charge on any atom is -0.406 e. The van der Waals surface area contributed by atoms with E-state index in [2.05, 4.69) is 20.4 Å². The van der Waals surface area contributed by atoms with Crippen LogP contribution < -0.4 is 20.3 Å². The Labute approximate surface area is 163 Å². The van der Waals surface area contributed by atoms with E-state index in [4.69, 9.17) is 0 Å². The van der Waals surface area contributed by atoms with Crippen molar-refractivity contribution in [1.29, 1.82) is 0 Å². The van der Waals surface area contributed by atoms with Crippen molar-refractivity contribution >= 4 is 23.4 Å². The summed E-state index contributed by atoms with van der Waals surface area (Å²) in [5.74, 6) is -0.532. The molecule has 2 aromatic rings. The molecule has 1 aromatic carbocycles. The van der Waals surface area contributed by atoms with Crippen LogP contribution in [0.5, 0.6) is 5.75 Å². The zero-order valence-corrected chi connectivity index (χ0v) is 14.9. The quantitative estimate of drug-likeness (QED) is 0.703. The largest absolute Gasteiger partial charge is 0.573 e. The third-order valence-electron chi connectivity index (χ3n) is 4.09. The number of carbonyl (C=O) groups is 2. The Morgan fingerprint density at radius 3 is 2.69 bits per heavy atom. The number of aliphatic hydroxyl groups is 1. The highest BCUT2D eigenvalue weighted by Crippen LogP contribution is 2.28. The molecule has 1 aliphatic heterocycles. The van der Waals surface area contributed by atoms with E-state index >= 15 is 0 Å². The highest BCUT2D eigenvalue weighted by molar-refractivity contribution is 6.08. The Bertz CT molecular complexity index is 889. The predicted octanol–water partition coefficient (Wildman–Crippen LogP) is 2.57. The fourth-order valence-electron chi connectivity index (χ4n) is 2.87. The molecule has 0 aliphatic carbocycles. The maximum absolute atomic E-state index is 12.8. The molecule has 2 heterocycles. The number of ether oxygens (including phenoxy) is 1. The van der Waals surface area contributed by atoms with Crippen molar-refractivity contribution in [2.24, 2.45) is 0 Å². The van der Waals surface area contributed by atoms with E-state index in [9.17, 15) is 27.9 Å². The first-order valence-electron chi connectivity index (χ1n) is 8.56. The number of carbonyl (C=O) groups excluding carboxylic acids is 2. The molecule has 154 valence electrons. The number of aliphatic hydroxyl groups excluding tert-OH is 1. The van der Waals surface area contributed by atoms with Crippen molar-refractivity contribution < 1.29 is 32.6 Å².